The lowest BCUT2D eigenvalue weighted by molar-refractivity contribution is -0.141. The van der Waals surface area contributed by atoms with Crippen LogP contribution in [-0.2, 0) is 10.7 Å². The van der Waals surface area contributed by atoms with Crippen molar-refractivity contribution in [2.24, 2.45) is 5.41 Å². The van der Waals surface area contributed by atoms with Crippen LogP contribution >= 0.6 is 34.5 Å². The van der Waals surface area contributed by atoms with Gasteiger partial charge >= 0.3 is 5.92 Å². The molecule has 2 amide bonds. The average molecular weight is 528 g/mol. The molecule has 178 valence electrons. The van der Waals surface area contributed by atoms with Gasteiger partial charge in [-0.15, -0.1) is 21.5 Å². The van der Waals surface area contributed by atoms with E-state index in [0.29, 0.717) is 24.5 Å². The van der Waals surface area contributed by atoms with Crippen LogP contribution in [0.25, 0.3) is 0 Å². The summed E-state index contributed by atoms with van der Waals surface area (Å²) >= 11 is 13.0. The van der Waals surface area contributed by atoms with Crippen LogP contribution in [-0.4, -0.2) is 63.0 Å². The van der Waals surface area contributed by atoms with Crippen LogP contribution in [0.5, 0.6) is 0 Å². The van der Waals surface area contributed by atoms with E-state index in [4.69, 9.17) is 27.6 Å². The summed E-state index contributed by atoms with van der Waals surface area (Å²) in [6.45, 7) is 2.71. The minimum Gasteiger partial charge on any atom is -0.419 e. The molecule has 8 nitrogen and oxygen atoms in total. The van der Waals surface area contributed by atoms with Crippen molar-refractivity contribution in [3.8, 4) is 0 Å². The maximum Gasteiger partial charge on any atom is 0.349 e. The highest BCUT2D eigenvalue weighted by molar-refractivity contribution is 7.11. The summed E-state index contributed by atoms with van der Waals surface area (Å²) in [5.41, 5.74) is 0.563. The second-order valence-electron chi connectivity index (χ2n) is 8.49. The normalized spacial score (nSPS) is 19.5. The molecule has 34 heavy (non-hydrogen) atoms. The minimum atomic E-state index is -3.60. The summed E-state index contributed by atoms with van der Waals surface area (Å²) < 4.78 is 35.8. The largest absolute Gasteiger partial charge is 0.419 e. The zero-order valence-electron chi connectivity index (χ0n) is 17.7. The zero-order valence-corrected chi connectivity index (χ0v) is 20.0. The smallest absolute Gasteiger partial charge is 0.349 e. The molecule has 2 aromatic heterocycles. The SMILES string of the molecule is CC(=O)N1CC2(C1)CN(C(=O)c1cncs1)CC2c1nnc(C(F)(F)c2ccc(Cl)c(Cl)c2)o1. The Balaban J connectivity index is 1.45. The summed E-state index contributed by atoms with van der Waals surface area (Å²) in [5.74, 6) is -5.32. The van der Waals surface area contributed by atoms with E-state index < -0.39 is 28.7 Å². The highest BCUT2D eigenvalue weighted by Gasteiger charge is 2.58. The van der Waals surface area contributed by atoms with Gasteiger partial charge in [-0.05, 0) is 12.1 Å². The highest BCUT2D eigenvalue weighted by atomic mass is 35.5. The number of halogens is 4. The van der Waals surface area contributed by atoms with Gasteiger partial charge in [0.1, 0.15) is 4.88 Å². The van der Waals surface area contributed by atoms with E-state index in [-0.39, 0.29) is 34.3 Å². The van der Waals surface area contributed by atoms with E-state index in [1.165, 1.54) is 30.5 Å². The Bertz CT molecular complexity index is 1260. The number of carbonyl (C=O) groups excluding carboxylic acids is 2. The quantitative estimate of drug-likeness (QED) is 0.507. The van der Waals surface area contributed by atoms with Crippen molar-refractivity contribution in [1.29, 1.82) is 0 Å². The number of nitrogens with zero attached hydrogens (tertiary/aromatic N) is 5. The highest BCUT2D eigenvalue weighted by Crippen LogP contribution is 2.50. The Hall–Kier alpha value is -2.63. The zero-order chi connectivity index (χ0) is 24.3. The number of benzene rings is 1. The van der Waals surface area contributed by atoms with Crippen molar-refractivity contribution in [3.63, 3.8) is 0 Å². The summed E-state index contributed by atoms with van der Waals surface area (Å²) in [4.78, 5) is 32.4. The molecule has 0 aliphatic carbocycles. The van der Waals surface area contributed by atoms with Crippen molar-refractivity contribution < 1.29 is 22.8 Å². The predicted molar refractivity (Wildman–Crippen MR) is 119 cm³/mol. The van der Waals surface area contributed by atoms with Crippen LogP contribution in [0.4, 0.5) is 8.78 Å². The van der Waals surface area contributed by atoms with Crippen molar-refractivity contribution in [3.05, 3.63) is 62.2 Å². The Kier molecular flexibility index (Phi) is 5.61. The van der Waals surface area contributed by atoms with E-state index in [0.717, 1.165) is 12.1 Å². The Morgan fingerprint density at radius 1 is 1.18 bits per heavy atom. The molecule has 1 unspecified atom stereocenters. The average Bonchev–Trinajstić information content (AvgIpc) is 3.52. The fraction of sp³-hybridized carbons (Fsp3) is 0.381. The lowest BCUT2D eigenvalue weighted by atomic mass is 9.71. The first kappa shape index (κ1) is 23.1. The fourth-order valence-corrected chi connectivity index (χ4v) is 5.40. The molecule has 0 N–H and O–H groups in total. The first-order chi connectivity index (χ1) is 16.1. The molecule has 2 aliphatic rings. The summed E-state index contributed by atoms with van der Waals surface area (Å²) in [6.07, 6.45) is 1.48. The number of rotatable bonds is 4. The second kappa shape index (κ2) is 8.24. The minimum absolute atomic E-state index is 0.00228. The van der Waals surface area contributed by atoms with Gasteiger partial charge in [-0.25, -0.2) is 0 Å². The van der Waals surface area contributed by atoms with Gasteiger partial charge in [-0.2, -0.15) is 8.78 Å². The Morgan fingerprint density at radius 3 is 2.56 bits per heavy atom. The number of likely N-dealkylation sites (tertiary alicyclic amines) is 2. The molecule has 0 radical (unpaired) electrons. The van der Waals surface area contributed by atoms with Gasteiger partial charge in [0, 0.05) is 44.1 Å². The van der Waals surface area contributed by atoms with Crippen LogP contribution in [0.1, 0.15) is 39.9 Å². The molecular weight excluding hydrogens is 511 g/mol. The van der Waals surface area contributed by atoms with E-state index in [2.05, 4.69) is 15.2 Å². The predicted octanol–water partition coefficient (Wildman–Crippen LogP) is 4.06. The van der Waals surface area contributed by atoms with E-state index in [1.807, 2.05) is 0 Å². The van der Waals surface area contributed by atoms with Crippen molar-refractivity contribution >= 4 is 46.4 Å². The Labute approximate surface area is 206 Å². The summed E-state index contributed by atoms with van der Waals surface area (Å²) in [5, 5.41) is 7.67. The molecule has 0 saturated carbocycles. The fourth-order valence-electron chi connectivity index (χ4n) is 4.52. The molecule has 13 heteroatoms. The molecular formula is C21H17Cl2F2N5O3S. The number of thiazole rings is 1. The first-order valence-electron chi connectivity index (χ1n) is 10.2. The lowest BCUT2D eigenvalue weighted by Gasteiger charge is -2.49. The summed E-state index contributed by atoms with van der Waals surface area (Å²) in [6, 6.07) is 3.46. The number of amides is 2. The molecule has 1 atom stereocenters. The van der Waals surface area contributed by atoms with Crippen LogP contribution in [0.3, 0.4) is 0 Å². The molecule has 1 spiro atoms. The van der Waals surface area contributed by atoms with Crippen LogP contribution in [0, 0.1) is 5.41 Å². The molecule has 2 saturated heterocycles. The molecule has 4 heterocycles. The molecule has 2 fully saturated rings. The van der Waals surface area contributed by atoms with E-state index in [9.17, 15) is 9.59 Å². The van der Waals surface area contributed by atoms with Crippen LogP contribution in [0.2, 0.25) is 10.0 Å². The van der Waals surface area contributed by atoms with Crippen molar-refractivity contribution in [2.45, 2.75) is 18.8 Å². The maximum absolute atomic E-state index is 15.1. The topological polar surface area (TPSA) is 92.4 Å². The number of alkyl halides is 2. The third kappa shape index (κ3) is 3.75. The maximum atomic E-state index is 15.1. The molecule has 5 rings (SSSR count). The van der Waals surface area contributed by atoms with Gasteiger partial charge in [0.05, 0.1) is 27.7 Å². The molecule has 3 aromatic rings. The van der Waals surface area contributed by atoms with Gasteiger partial charge < -0.3 is 14.2 Å². The third-order valence-electron chi connectivity index (χ3n) is 6.32. The third-order valence-corrected chi connectivity index (χ3v) is 7.82. The summed E-state index contributed by atoms with van der Waals surface area (Å²) in [7, 11) is 0. The number of hydrogen-bond donors (Lipinski definition) is 0. The van der Waals surface area contributed by atoms with E-state index in [1.54, 1.807) is 15.3 Å². The number of carbonyl (C=O) groups is 2. The van der Waals surface area contributed by atoms with Gasteiger partial charge in [0.25, 0.3) is 11.8 Å². The van der Waals surface area contributed by atoms with Crippen LogP contribution in [0.15, 0.2) is 34.3 Å². The number of aromatic nitrogens is 3. The van der Waals surface area contributed by atoms with E-state index >= 15 is 8.78 Å². The van der Waals surface area contributed by atoms with Crippen molar-refractivity contribution in [2.75, 3.05) is 26.2 Å². The van der Waals surface area contributed by atoms with Gasteiger partial charge in [0.15, 0.2) is 0 Å². The standard InChI is InChI=1S/C21H17Cl2F2N5O3S/c1-11(31)30-8-20(9-30)7-29(18(32)16-5-26-10-34-16)6-13(20)17-27-28-19(33-17)21(24,25)12-2-3-14(22)15(23)4-12/h2-5,10,13H,6-9H2,1H3. The van der Waals surface area contributed by atoms with Gasteiger partial charge in [-0.3, -0.25) is 14.6 Å². The van der Waals surface area contributed by atoms with Crippen LogP contribution < -0.4 is 0 Å². The lowest BCUT2D eigenvalue weighted by Crippen LogP contribution is -2.61. The molecule has 1 aromatic carbocycles. The molecule has 2 aliphatic heterocycles. The first-order valence-corrected chi connectivity index (χ1v) is 11.8. The van der Waals surface area contributed by atoms with Gasteiger partial charge in [0.2, 0.25) is 11.8 Å². The monoisotopic (exact) mass is 527 g/mol. The Morgan fingerprint density at radius 2 is 1.91 bits per heavy atom. The van der Waals surface area contributed by atoms with Gasteiger partial charge in [-0.1, -0.05) is 29.3 Å². The molecule has 0 bridgehead atoms. The number of hydrogen-bond acceptors (Lipinski definition) is 7. The van der Waals surface area contributed by atoms with Crippen molar-refractivity contribution in [1.82, 2.24) is 25.0 Å². The second-order valence-corrected chi connectivity index (χ2v) is 10.2.